The van der Waals surface area contributed by atoms with Crippen molar-refractivity contribution in [2.75, 3.05) is 0 Å². The van der Waals surface area contributed by atoms with Crippen molar-refractivity contribution in [3.63, 3.8) is 0 Å². The lowest BCUT2D eigenvalue weighted by molar-refractivity contribution is 0.670. The minimum atomic E-state index is 0.668. The molecule has 0 spiro atoms. The highest BCUT2D eigenvalue weighted by atomic mass is 32.1. The predicted octanol–water partition coefficient (Wildman–Crippen LogP) is 14.8. The van der Waals surface area contributed by atoms with Crippen LogP contribution in [0, 0.1) is 0 Å². The van der Waals surface area contributed by atoms with Crippen LogP contribution in [0.2, 0.25) is 0 Å². The first-order chi connectivity index (χ1) is 28.7. The fourth-order valence-corrected chi connectivity index (χ4v) is 9.75. The number of hydrogen-bond acceptors (Lipinski definition) is 5. The zero-order valence-corrected chi connectivity index (χ0v) is 31.9. The smallest absolute Gasteiger partial charge is 0.160 e. The van der Waals surface area contributed by atoms with E-state index in [2.05, 4.69) is 152 Å². The van der Waals surface area contributed by atoms with E-state index in [9.17, 15) is 0 Å². The molecule has 0 atom stereocenters. The SMILES string of the molecule is c1ccc(-c2nc(-c3ccc(-c4ccc(-c5nc6c7ccccc7sc6c6ccccc56)c5ccccc45)cc3)cc(-c3cccc4c3oc3ccccc34)n2)cc1. The van der Waals surface area contributed by atoms with Gasteiger partial charge in [-0.3, -0.25) is 0 Å². The highest BCUT2D eigenvalue weighted by Crippen LogP contribution is 2.44. The number of aromatic nitrogens is 3. The third-order valence-corrected chi connectivity index (χ3v) is 12.5. The molecule has 12 aromatic rings. The molecule has 0 N–H and O–H groups in total. The van der Waals surface area contributed by atoms with Crippen LogP contribution in [0.25, 0.3) is 120 Å². The van der Waals surface area contributed by atoms with Crippen LogP contribution in [0.15, 0.2) is 192 Å². The van der Waals surface area contributed by atoms with Crippen LogP contribution < -0.4 is 0 Å². The summed E-state index contributed by atoms with van der Waals surface area (Å²) in [6.45, 7) is 0. The van der Waals surface area contributed by atoms with Gasteiger partial charge in [0.15, 0.2) is 5.82 Å². The van der Waals surface area contributed by atoms with Gasteiger partial charge in [-0.15, -0.1) is 11.3 Å². The molecule has 0 aliphatic heterocycles. The zero-order valence-electron chi connectivity index (χ0n) is 31.1. The Bertz CT molecular complexity index is 3570. The van der Waals surface area contributed by atoms with Gasteiger partial charge in [-0.2, -0.15) is 0 Å². The van der Waals surface area contributed by atoms with E-state index < -0.39 is 0 Å². The summed E-state index contributed by atoms with van der Waals surface area (Å²) >= 11 is 1.82. The number of hydrogen-bond donors (Lipinski definition) is 0. The van der Waals surface area contributed by atoms with Crippen LogP contribution in [0.3, 0.4) is 0 Å². The topological polar surface area (TPSA) is 51.8 Å². The van der Waals surface area contributed by atoms with Crippen LogP contribution in [-0.4, -0.2) is 15.0 Å². The number of fused-ring (bicyclic) bond motifs is 9. The van der Waals surface area contributed by atoms with Gasteiger partial charge in [0, 0.05) is 53.9 Å². The molecule has 12 rings (SSSR count). The molecule has 58 heavy (non-hydrogen) atoms. The lowest BCUT2D eigenvalue weighted by Crippen LogP contribution is -1.96. The van der Waals surface area contributed by atoms with Crippen LogP contribution >= 0.6 is 11.3 Å². The number of para-hydroxylation sites is 2. The molecule has 4 heterocycles. The van der Waals surface area contributed by atoms with Crippen molar-refractivity contribution in [3.05, 3.63) is 188 Å². The summed E-state index contributed by atoms with van der Waals surface area (Å²) in [5.41, 5.74) is 11.8. The molecule has 0 bridgehead atoms. The van der Waals surface area contributed by atoms with Crippen LogP contribution in [0.1, 0.15) is 0 Å². The summed E-state index contributed by atoms with van der Waals surface area (Å²) in [4.78, 5) is 15.7. The lowest BCUT2D eigenvalue weighted by Gasteiger charge is -2.14. The van der Waals surface area contributed by atoms with Crippen LogP contribution in [-0.2, 0) is 0 Å². The van der Waals surface area contributed by atoms with Gasteiger partial charge in [0.05, 0.1) is 27.3 Å². The fourth-order valence-electron chi connectivity index (χ4n) is 8.57. The van der Waals surface area contributed by atoms with Crippen molar-refractivity contribution in [2.45, 2.75) is 0 Å². The number of nitrogens with zero attached hydrogens (tertiary/aromatic N) is 3. The number of furan rings is 1. The first kappa shape index (κ1) is 32.7. The van der Waals surface area contributed by atoms with Crippen molar-refractivity contribution in [2.24, 2.45) is 0 Å². The van der Waals surface area contributed by atoms with Crippen molar-refractivity contribution in [1.29, 1.82) is 0 Å². The Morgan fingerprint density at radius 2 is 1.00 bits per heavy atom. The van der Waals surface area contributed by atoms with Crippen molar-refractivity contribution >= 4 is 75.1 Å². The Hall–Kier alpha value is -7.47. The van der Waals surface area contributed by atoms with Gasteiger partial charge in [0.25, 0.3) is 0 Å². The Labute approximate surface area is 337 Å². The number of thiophene rings is 1. The van der Waals surface area contributed by atoms with E-state index in [1.807, 2.05) is 47.7 Å². The first-order valence-electron chi connectivity index (χ1n) is 19.4. The minimum Gasteiger partial charge on any atom is -0.455 e. The fraction of sp³-hybridized carbons (Fsp3) is 0. The Kier molecular flexibility index (Phi) is 7.37. The van der Waals surface area contributed by atoms with E-state index in [1.54, 1.807) is 0 Å². The van der Waals surface area contributed by atoms with Crippen molar-refractivity contribution < 1.29 is 4.42 Å². The first-order valence-corrected chi connectivity index (χ1v) is 20.2. The molecule has 4 nitrogen and oxygen atoms in total. The summed E-state index contributed by atoms with van der Waals surface area (Å²) < 4.78 is 8.95. The van der Waals surface area contributed by atoms with Crippen LogP contribution in [0.4, 0.5) is 0 Å². The van der Waals surface area contributed by atoms with E-state index in [0.29, 0.717) is 5.82 Å². The third-order valence-electron chi connectivity index (χ3n) is 11.3. The highest BCUT2D eigenvalue weighted by Gasteiger charge is 2.19. The lowest BCUT2D eigenvalue weighted by atomic mass is 9.91. The Balaban J connectivity index is 0.983. The van der Waals surface area contributed by atoms with Gasteiger partial charge in [0.1, 0.15) is 11.2 Å². The quantitative estimate of drug-likeness (QED) is 0.175. The summed E-state index contributed by atoms with van der Waals surface area (Å²) in [5, 5.41) is 8.13. The maximum Gasteiger partial charge on any atom is 0.160 e. The molecule has 4 aromatic heterocycles. The second kappa shape index (κ2) is 13.1. The standard InChI is InChI=1S/C53H31N3OS/c1-2-13-34(14-3-1)53-54-45(31-46(55-53)43-22-12-21-41-38-17-8-10-23-47(38)57-51(41)43)33-27-25-32(26-28-33)35-29-30-40(37-16-5-4-15-36(35)37)49-39-18-6-7-19-42(39)52-50(56-49)44-20-9-11-24-48(44)58-52/h1-31H. The molecule has 5 heteroatoms. The second-order valence-corrected chi connectivity index (χ2v) is 15.7. The molecular formula is C53H31N3OS. The third kappa shape index (κ3) is 5.18. The molecule has 0 aliphatic carbocycles. The van der Waals surface area contributed by atoms with Gasteiger partial charge >= 0.3 is 0 Å². The highest BCUT2D eigenvalue weighted by molar-refractivity contribution is 7.26. The van der Waals surface area contributed by atoms with Gasteiger partial charge in [0.2, 0.25) is 0 Å². The van der Waals surface area contributed by atoms with Gasteiger partial charge < -0.3 is 4.42 Å². The van der Waals surface area contributed by atoms with Gasteiger partial charge in [-0.1, -0.05) is 164 Å². The summed E-state index contributed by atoms with van der Waals surface area (Å²) in [5.74, 6) is 0.668. The molecule has 0 amide bonds. The van der Waals surface area contributed by atoms with E-state index in [0.717, 1.165) is 72.4 Å². The van der Waals surface area contributed by atoms with Gasteiger partial charge in [-0.25, -0.2) is 15.0 Å². The minimum absolute atomic E-state index is 0.668. The molecule has 0 radical (unpaired) electrons. The largest absolute Gasteiger partial charge is 0.455 e. The number of benzene rings is 8. The van der Waals surface area contributed by atoms with E-state index in [-0.39, 0.29) is 0 Å². The summed E-state index contributed by atoms with van der Waals surface area (Å²) in [6.07, 6.45) is 0. The molecule has 8 aromatic carbocycles. The summed E-state index contributed by atoms with van der Waals surface area (Å²) in [7, 11) is 0. The molecule has 0 unspecified atom stereocenters. The van der Waals surface area contributed by atoms with Gasteiger partial charge in [-0.05, 0) is 46.2 Å². The monoisotopic (exact) mass is 757 g/mol. The van der Waals surface area contributed by atoms with E-state index in [4.69, 9.17) is 19.4 Å². The average Bonchev–Trinajstić information content (AvgIpc) is 3.87. The molecule has 0 aliphatic rings. The van der Waals surface area contributed by atoms with E-state index >= 15 is 0 Å². The average molecular weight is 758 g/mol. The van der Waals surface area contributed by atoms with E-state index in [1.165, 1.54) is 41.9 Å². The molecule has 0 saturated heterocycles. The maximum atomic E-state index is 6.45. The van der Waals surface area contributed by atoms with Crippen molar-refractivity contribution in [1.82, 2.24) is 15.0 Å². The zero-order chi connectivity index (χ0) is 38.2. The van der Waals surface area contributed by atoms with Crippen LogP contribution in [0.5, 0.6) is 0 Å². The molecule has 270 valence electrons. The molecular weight excluding hydrogens is 727 g/mol. The molecule has 0 fully saturated rings. The number of pyridine rings is 1. The number of rotatable bonds is 5. The maximum absolute atomic E-state index is 6.45. The second-order valence-electron chi connectivity index (χ2n) is 14.7. The normalized spacial score (nSPS) is 11.8. The van der Waals surface area contributed by atoms with Crippen molar-refractivity contribution in [3.8, 4) is 56.3 Å². The summed E-state index contributed by atoms with van der Waals surface area (Å²) in [6, 6.07) is 66.0. The molecule has 0 saturated carbocycles. The predicted molar refractivity (Wildman–Crippen MR) is 242 cm³/mol. The Morgan fingerprint density at radius 1 is 0.379 bits per heavy atom. The Morgan fingerprint density at radius 3 is 1.83 bits per heavy atom.